The zero-order valence-electron chi connectivity index (χ0n) is 12.5. The highest BCUT2D eigenvalue weighted by molar-refractivity contribution is 7.89. The van der Waals surface area contributed by atoms with Gasteiger partial charge in [0.15, 0.2) is 0 Å². The Bertz CT molecular complexity index is 864. The molecule has 1 aliphatic rings. The molecule has 0 spiro atoms. The molecule has 0 atom stereocenters. The lowest BCUT2D eigenvalue weighted by molar-refractivity contribution is -0.139. The molecule has 0 aromatic heterocycles. The number of sulfonamides is 1. The first-order valence-corrected chi connectivity index (χ1v) is 8.73. The summed E-state index contributed by atoms with van der Waals surface area (Å²) in [6, 6.07) is 9.66. The van der Waals surface area contributed by atoms with Crippen LogP contribution in [0.1, 0.15) is 22.3 Å². The molecule has 0 amide bonds. The van der Waals surface area contributed by atoms with Gasteiger partial charge in [-0.05, 0) is 28.8 Å². The van der Waals surface area contributed by atoms with Crippen LogP contribution in [0.4, 0.5) is 13.2 Å². The van der Waals surface area contributed by atoms with Gasteiger partial charge in [-0.1, -0.05) is 30.3 Å². The summed E-state index contributed by atoms with van der Waals surface area (Å²) in [5.74, 6) is 0. The molecule has 0 unspecified atom stereocenters. The van der Waals surface area contributed by atoms with Crippen LogP contribution in [0, 0.1) is 0 Å². The summed E-state index contributed by atoms with van der Waals surface area (Å²) in [5.41, 5.74) is 1.74. The van der Waals surface area contributed by atoms with Crippen LogP contribution in [-0.4, -0.2) is 8.42 Å². The molecule has 0 radical (unpaired) electrons. The molecule has 0 saturated carbocycles. The largest absolute Gasteiger partial charge is 0.417 e. The van der Waals surface area contributed by atoms with Crippen molar-refractivity contribution in [3.05, 3.63) is 64.7 Å². The second-order valence-corrected chi connectivity index (χ2v) is 7.26. The van der Waals surface area contributed by atoms with Crippen molar-refractivity contribution in [1.82, 2.24) is 10.0 Å². The number of hydrogen-bond acceptors (Lipinski definition) is 3. The molecule has 3 rings (SSSR count). The lowest BCUT2D eigenvalue weighted by Gasteiger charge is -2.14. The van der Waals surface area contributed by atoms with Gasteiger partial charge < -0.3 is 5.32 Å². The SMILES string of the molecule is O=S(=O)(NCc1ccc2c(c1)CNC2)c1ccccc1C(F)(F)F. The summed E-state index contributed by atoms with van der Waals surface area (Å²) < 4.78 is 65.8. The van der Waals surface area contributed by atoms with Crippen molar-refractivity contribution in [3.8, 4) is 0 Å². The van der Waals surface area contributed by atoms with Crippen molar-refractivity contribution in [2.24, 2.45) is 0 Å². The third-order valence-corrected chi connectivity index (χ3v) is 5.31. The summed E-state index contributed by atoms with van der Waals surface area (Å²) in [5, 5.41) is 3.17. The highest BCUT2D eigenvalue weighted by atomic mass is 32.2. The Kier molecular flexibility index (Phi) is 4.37. The van der Waals surface area contributed by atoms with Gasteiger partial charge in [0, 0.05) is 19.6 Å². The van der Waals surface area contributed by atoms with Crippen molar-refractivity contribution in [2.45, 2.75) is 30.7 Å². The summed E-state index contributed by atoms with van der Waals surface area (Å²) in [4.78, 5) is -0.764. The van der Waals surface area contributed by atoms with E-state index >= 15 is 0 Å². The van der Waals surface area contributed by atoms with Crippen LogP contribution < -0.4 is 10.0 Å². The Morgan fingerprint density at radius 2 is 1.75 bits per heavy atom. The van der Waals surface area contributed by atoms with E-state index in [0.717, 1.165) is 35.9 Å². The van der Waals surface area contributed by atoms with Crippen molar-refractivity contribution < 1.29 is 21.6 Å². The van der Waals surface area contributed by atoms with E-state index in [0.29, 0.717) is 12.1 Å². The quantitative estimate of drug-likeness (QED) is 0.886. The van der Waals surface area contributed by atoms with Crippen LogP contribution in [0.25, 0.3) is 0 Å². The third-order valence-electron chi connectivity index (χ3n) is 3.85. The van der Waals surface area contributed by atoms with Crippen molar-refractivity contribution in [2.75, 3.05) is 0 Å². The van der Waals surface area contributed by atoms with E-state index in [9.17, 15) is 21.6 Å². The maximum atomic E-state index is 13.0. The molecule has 2 aromatic rings. The number of halogens is 3. The van der Waals surface area contributed by atoms with Gasteiger partial charge in [0.25, 0.3) is 0 Å². The maximum Gasteiger partial charge on any atom is 0.417 e. The molecular weight excluding hydrogens is 341 g/mol. The second-order valence-electron chi connectivity index (χ2n) is 5.53. The molecule has 0 saturated heterocycles. The van der Waals surface area contributed by atoms with Crippen LogP contribution in [0.3, 0.4) is 0 Å². The van der Waals surface area contributed by atoms with E-state index in [1.807, 2.05) is 12.1 Å². The molecule has 128 valence electrons. The smallest absolute Gasteiger partial charge is 0.309 e. The van der Waals surface area contributed by atoms with E-state index in [1.165, 1.54) is 6.07 Å². The second kappa shape index (κ2) is 6.19. The van der Waals surface area contributed by atoms with Gasteiger partial charge in [0.2, 0.25) is 10.0 Å². The zero-order valence-corrected chi connectivity index (χ0v) is 13.3. The van der Waals surface area contributed by atoms with Gasteiger partial charge in [0.1, 0.15) is 0 Å². The Balaban J connectivity index is 1.83. The number of nitrogens with one attached hydrogen (secondary N) is 2. The Labute approximate surface area is 137 Å². The molecule has 0 bridgehead atoms. The van der Waals surface area contributed by atoms with Gasteiger partial charge in [-0.15, -0.1) is 0 Å². The molecule has 0 fully saturated rings. The van der Waals surface area contributed by atoms with Gasteiger partial charge in [-0.2, -0.15) is 13.2 Å². The van der Waals surface area contributed by atoms with Crippen LogP contribution >= 0.6 is 0 Å². The van der Waals surface area contributed by atoms with Gasteiger partial charge in [-0.25, -0.2) is 13.1 Å². The van der Waals surface area contributed by atoms with Crippen LogP contribution in [0.15, 0.2) is 47.4 Å². The summed E-state index contributed by atoms with van der Waals surface area (Å²) in [6.45, 7) is 1.40. The van der Waals surface area contributed by atoms with Crippen molar-refractivity contribution >= 4 is 10.0 Å². The van der Waals surface area contributed by atoms with Crippen LogP contribution in [0.2, 0.25) is 0 Å². The molecule has 0 aliphatic carbocycles. The van der Waals surface area contributed by atoms with Gasteiger partial charge in [-0.3, -0.25) is 0 Å². The lowest BCUT2D eigenvalue weighted by Crippen LogP contribution is -2.26. The summed E-state index contributed by atoms with van der Waals surface area (Å²) in [6.07, 6.45) is -4.73. The first-order valence-electron chi connectivity index (χ1n) is 7.25. The van der Waals surface area contributed by atoms with Crippen molar-refractivity contribution in [3.63, 3.8) is 0 Å². The molecule has 1 aliphatic heterocycles. The molecule has 1 heterocycles. The molecular formula is C16H15F3N2O2S. The number of alkyl halides is 3. The first-order chi connectivity index (χ1) is 11.3. The Hall–Kier alpha value is -1.90. The van der Waals surface area contributed by atoms with Crippen molar-refractivity contribution in [1.29, 1.82) is 0 Å². The van der Waals surface area contributed by atoms with E-state index in [-0.39, 0.29) is 6.54 Å². The molecule has 2 aromatic carbocycles. The predicted molar refractivity (Wildman–Crippen MR) is 82.5 cm³/mol. The minimum atomic E-state index is -4.73. The monoisotopic (exact) mass is 356 g/mol. The number of rotatable bonds is 4. The predicted octanol–water partition coefficient (Wildman–Crippen LogP) is 2.79. The fourth-order valence-electron chi connectivity index (χ4n) is 2.65. The topological polar surface area (TPSA) is 58.2 Å². The average Bonchev–Trinajstić information content (AvgIpc) is 3.00. The normalized spacial score (nSPS) is 14.6. The van der Waals surface area contributed by atoms with Crippen LogP contribution in [0.5, 0.6) is 0 Å². The zero-order chi connectivity index (χ0) is 17.4. The number of fused-ring (bicyclic) bond motifs is 1. The number of benzene rings is 2. The highest BCUT2D eigenvalue weighted by Gasteiger charge is 2.36. The molecule has 24 heavy (non-hydrogen) atoms. The Morgan fingerprint density at radius 3 is 2.50 bits per heavy atom. The molecule has 8 heteroatoms. The maximum absolute atomic E-state index is 13.0. The van der Waals surface area contributed by atoms with E-state index in [1.54, 1.807) is 6.07 Å². The minimum Gasteiger partial charge on any atom is -0.309 e. The van der Waals surface area contributed by atoms with E-state index in [2.05, 4.69) is 10.0 Å². The molecule has 4 nitrogen and oxygen atoms in total. The minimum absolute atomic E-state index is 0.0677. The standard InChI is InChI=1S/C16H15F3N2O2S/c17-16(18,19)14-3-1-2-4-15(14)24(22,23)21-8-11-5-6-12-9-20-10-13(12)7-11/h1-7,20-21H,8-10H2. The third kappa shape index (κ3) is 3.45. The van der Waals surface area contributed by atoms with Gasteiger partial charge in [0.05, 0.1) is 10.5 Å². The lowest BCUT2D eigenvalue weighted by atomic mass is 10.1. The van der Waals surface area contributed by atoms with E-state index < -0.39 is 26.7 Å². The highest BCUT2D eigenvalue weighted by Crippen LogP contribution is 2.33. The molecule has 2 N–H and O–H groups in total. The average molecular weight is 356 g/mol. The van der Waals surface area contributed by atoms with Crippen LogP contribution in [-0.2, 0) is 35.8 Å². The number of hydrogen-bond donors (Lipinski definition) is 2. The Morgan fingerprint density at radius 1 is 1.04 bits per heavy atom. The fraction of sp³-hybridized carbons (Fsp3) is 0.250. The summed E-state index contributed by atoms with van der Waals surface area (Å²) >= 11 is 0. The first kappa shape index (κ1) is 16.9. The van der Waals surface area contributed by atoms with E-state index in [4.69, 9.17) is 0 Å². The summed E-state index contributed by atoms with van der Waals surface area (Å²) in [7, 11) is -4.27. The fourth-order valence-corrected chi connectivity index (χ4v) is 3.89. The van der Waals surface area contributed by atoms with Gasteiger partial charge >= 0.3 is 6.18 Å².